The number of hydrogen-bond acceptors (Lipinski definition) is 3. The van der Waals surface area contributed by atoms with Crippen molar-refractivity contribution in [2.75, 3.05) is 7.11 Å². The predicted octanol–water partition coefficient (Wildman–Crippen LogP) is 2.89. The van der Waals surface area contributed by atoms with Crippen LogP contribution in [0.1, 0.15) is 34.6 Å². The monoisotopic (exact) mass is 340 g/mol. The maximum absolute atomic E-state index is 12.5. The van der Waals surface area contributed by atoms with Crippen LogP contribution in [0.15, 0.2) is 41.2 Å². The van der Waals surface area contributed by atoms with E-state index in [2.05, 4.69) is 5.32 Å². The zero-order valence-electron chi connectivity index (χ0n) is 12.9. The molecule has 0 saturated carbocycles. The minimum absolute atomic E-state index is 0.398. The second-order valence-electron chi connectivity index (χ2n) is 5.05. The Bertz CT molecular complexity index is 800. The summed E-state index contributed by atoms with van der Waals surface area (Å²) in [4.78, 5) is 25.6. The Labute approximate surface area is 135 Å². The van der Waals surface area contributed by atoms with Gasteiger partial charge in [0.2, 0.25) is 0 Å². The number of ether oxygens (including phenoxy) is 1. The van der Waals surface area contributed by atoms with Crippen LogP contribution in [0.25, 0.3) is 0 Å². The number of methoxy groups -OCH3 is 1. The lowest BCUT2D eigenvalue weighted by Gasteiger charge is -2.17. The Morgan fingerprint density at radius 1 is 1.21 bits per heavy atom. The van der Waals surface area contributed by atoms with Crippen LogP contribution in [-0.2, 0) is 6.18 Å². The first kappa shape index (κ1) is 17.6. The van der Waals surface area contributed by atoms with E-state index in [0.717, 1.165) is 6.07 Å². The summed E-state index contributed by atoms with van der Waals surface area (Å²) in [6.45, 7) is 1.67. The Morgan fingerprint density at radius 3 is 2.46 bits per heavy atom. The topological polar surface area (TPSA) is 71.2 Å². The first-order chi connectivity index (χ1) is 11.2. The van der Waals surface area contributed by atoms with Gasteiger partial charge in [0.1, 0.15) is 17.0 Å². The smallest absolute Gasteiger partial charge is 0.431 e. The first-order valence-electron chi connectivity index (χ1n) is 6.98. The van der Waals surface area contributed by atoms with Gasteiger partial charge in [-0.05, 0) is 25.1 Å². The van der Waals surface area contributed by atoms with Crippen molar-refractivity contribution in [1.29, 1.82) is 0 Å². The van der Waals surface area contributed by atoms with Crippen LogP contribution < -0.4 is 15.6 Å². The molecule has 0 spiro atoms. The lowest BCUT2D eigenvalue weighted by atomic mass is 10.1. The Kier molecular flexibility index (Phi) is 4.96. The molecule has 1 atom stereocenters. The van der Waals surface area contributed by atoms with Crippen LogP contribution in [0, 0.1) is 0 Å². The molecule has 0 aliphatic carbocycles. The van der Waals surface area contributed by atoms with E-state index in [4.69, 9.17) is 4.74 Å². The van der Waals surface area contributed by atoms with Gasteiger partial charge in [-0.2, -0.15) is 13.2 Å². The number of amides is 1. The van der Waals surface area contributed by atoms with Gasteiger partial charge >= 0.3 is 6.18 Å². The molecule has 0 radical (unpaired) electrons. The molecule has 0 aliphatic rings. The van der Waals surface area contributed by atoms with Crippen LogP contribution in [0.3, 0.4) is 0 Å². The summed E-state index contributed by atoms with van der Waals surface area (Å²) in [6.07, 6.45) is -4.68. The number of H-pyrrole nitrogens is 1. The van der Waals surface area contributed by atoms with Crippen molar-refractivity contribution in [3.8, 4) is 5.75 Å². The normalized spacial score (nSPS) is 12.5. The highest BCUT2D eigenvalue weighted by molar-refractivity contribution is 5.94. The molecule has 0 aliphatic heterocycles. The average Bonchev–Trinajstić information content (AvgIpc) is 2.53. The summed E-state index contributed by atoms with van der Waals surface area (Å²) in [7, 11) is 1.48. The highest BCUT2D eigenvalue weighted by atomic mass is 19.4. The number of aromatic nitrogens is 1. The first-order valence-corrected chi connectivity index (χ1v) is 6.98. The molecule has 1 amide bonds. The molecule has 2 aromatic rings. The van der Waals surface area contributed by atoms with E-state index < -0.39 is 34.9 Å². The number of carbonyl (C=O) groups is 1. The fraction of sp³-hybridized carbons (Fsp3) is 0.250. The molecule has 1 unspecified atom stereocenters. The second-order valence-corrected chi connectivity index (χ2v) is 5.05. The van der Waals surface area contributed by atoms with Gasteiger partial charge in [0.05, 0.1) is 13.2 Å². The molecule has 1 aromatic carbocycles. The van der Waals surface area contributed by atoms with Gasteiger partial charge in [-0.3, -0.25) is 9.59 Å². The third kappa shape index (κ3) is 3.76. The third-order valence-corrected chi connectivity index (χ3v) is 3.41. The molecule has 0 bridgehead atoms. The molecule has 128 valence electrons. The van der Waals surface area contributed by atoms with Gasteiger partial charge in [-0.15, -0.1) is 0 Å². The summed E-state index contributed by atoms with van der Waals surface area (Å²) < 4.78 is 42.8. The van der Waals surface area contributed by atoms with Crippen molar-refractivity contribution in [3.63, 3.8) is 0 Å². The van der Waals surface area contributed by atoms with Gasteiger partial charge in [0.25, 0.3) is 11.5 Å². The summed E-state index contributed by atoms with van der Waals surface area (Å²) in [5, 5.41) is 2.57. The SMILES string of the molecule is COc1ccccc1C(C)NC(=O)c1ccc(C(F)(F)F)[nH]c1=O. The van der Waals surface area contributed by atoms with E-state index in [9.17, 15) is 22.8 Å². The Morgan fingerprint density at radius 2 is 1.88 bits per heavy atom. The number of nitrogens with one attached hydrogen (secondary N) is 2. The van der Waals surface area contributed by atoms with Crippen LogP contribution >= 0.6 is 0 Å². The summed E-state index contributed by atoms with van der Waals surface area (Å²) in [5.41, 5.74) is -2.03. The van der Waals surface area contributed by atoms with Crippen LogP contribution in [0.2, 0.25) is 0 Å². The van der Waals surface area contributed by atoms with E-state index in [-0.39, 0.29) is 0 Å². The molecular formula is C16H15F3N2O3. The predicted molar refractivity (Wildman–Crippen MR) is 80.9 cm³/mol. The van der Waals surface area contributed by atoms with E-state index in [0.29, 0.717) is 17.4 Å². The molecular weight excluding hydrogens is 325 g/mol. The van der Waals surface area contributed by atoms with Crippen LogP contribution in [0.5, 0.6) is 5.75 Å². The lowest BCUT2D eigenvalue weighted by molar-refractivity contribution is -0.141. The zero-order valence-corrected chi connectivity index (χ0v) is 12.9. The highest BCUT2D eigenvalue weighted by Crippen LogP contribution is 2.27. The average molecular weight is 340 g/mol. The molecule has 0 fully saturated rings. The Hall–Kier alpha value is -2.77. The minimum Gasteiger partial charge on any atom is -0.496 e. The van der Waals surface area contributed by atoms with Crippen molar-refractivity contribution in [3.05, 3.63) is 63.6 Å². The maximum atomic E-state index is 12.5. The van der Waals surface area contributed by atoms with Crippen molar-refractivity contribution in [2.45, 2.75) is 19.1 Å². The standard InChI is InChI=1S/C16H15F3N2O3/c1-9(10-5-3-4-6-12(10)24-2)20-14(22)11-7-8-13(16(17,18)19)21-15(11)23/h3-9H,1-2H3,(H,20,22)(H,21,23). The maximum Gasteiger partial charge on any atom is 0.431 e. The Balaban J connectivity index is 2.22. The quantitative estimate of drug-likeness (QED) is 0.899. The van der Waals surface area contributed by atoms with E-state index in [1.807, 2.05) is 0 Å². The number of hydrogen-bond donors (Lipinski definition) is 2. The fourth-order valence-corrected chi connectivity index (χ4v) is 2.19. The zero-order chi connectivity index (χ0) is 17.9. The number of pyridine rings is 1. The molecule has 24 heavy (non-hydrogen) atoms. The molecule has 8 heteroatoms. The number of benzene rings is 1. The molecule has 5 nitrogen and oxygen atoms in total. The van der Waals surface area contributed by atoms with Crippen molar-refractivity contribution >= 4 is 5.91 Å². The van der Waals surface area contributed by atoms with Crippen molar-refractivity contribution in [2.24, 2.45) is 0 Å². The number of rotatable bonds is 4. The van der Waals surface area contributed by atoms with Gasteiger partial charge in [0, 0.05) is 5.56 Å². The summed E-state index contributed by atoms with van der Waals surface area (Å²) in [5.74, 6) is -0.227. The van der Waals surface area contributed by atoms with E-state index >= 15 is 0 Å². The number of aromatic amines is 1. The summed E-state index contributed by atoms with van der Waals surface area (Å²) >= 11 is 0. The van der Waals surface area contributed by atoms with Gasteiger partial charge in [-0.25, -0.2) is 0 Å². The molecule has 2 rings (SSSR count). The van der Waals surface area contributed by atoms with E-state index in [1.54, 1.807) is 36.2 Å². The van der Waals surface area contributed by atoms with Gasteiger partial charge in [0.15, 0.2) is 0 Å². The van der Waals surface area contributed by atoms with Gasteiger partial charge < -0.3 is 15.0 Å². The summed E-state index contributed by atoms with van der Waals surface area (Å²) in [6, 6.07) is 7.97. The largest absolute Gasteiger partial charge is 0.496 e. The lowest BCUT2D eigenvalue weighted by Crippen LogP contribution is -2.32. The second kappa shape index (κ2) is 6.77. The molecule has 0 saturated heterocycles. The van der Waals surface area contributed by atoms with Crippen molar-refractivity contribution in [1.82, 2.24) is 10.3 Å². The number of alkyl halides is 3. The van der Waals surface area contributed by atoms with E-state index in [1.165, 1.54) is 7.11 Å². The number of halogens is 3. The highest BCUT2D eigenvalue weighted by Gasteiger charge is 2.32. The van der Waals surface area contributed by atoms with Crippen LogP contribution in [-0.4, -0.2) is 18.0 Å². The number of carbonyl (C=O) groups excluding carboxylic acids is 1. The molecule has 1 aromatic heterocycles. The third-order valence-electron chi connectivity index (χ3n) is 3.41. The minimum atomic E-state index is -4.68. The van der Waals surface area contributed by atoms with Crippen molar-refractivity contribution < 1.29 is 22.7 Å². The van der Waals surface area contributed by atoms with Crippen LogP contribution in [0.4, 0.5) is 13.2 Å². The molecule has 2 N–H and O–H groups in total. The number of para-hydroxylation sites is 1. The molecule has 1 heterocycles. The fourth-order valence-electron chi connectivity index (χ4n) is 2.19. The van der Waals surface area contributed by atoms with Gasteiger partial charge in [-0.1, -0.05) is 18.2 Å².